The second kappa shape index (κ2) is 9.16. The lowest BCUT2D eigenvalue weighted by atomic mass is 10.1. The Morgan fingerprint density at radius 3 is 2.40 bits per heavy atom. The summed E-state index contributed by atoms with van der Waals surface area (Å²) in [6, 6.07) is 4.47. The molecule has 0 unspecified atom stereocenters. The summed E-state index contributed by atoms with van der Waals surface area (Å²) in [7, 11) is 4.78. The molecule has 2 aliphatic rings. The van der Waals surface area contributed by atoms with E-state index in [1.54, 1.807) is 27.4 Å². The SMILES string of the molecule is COc1cc(OC)c2cc(C(=O)N[C@H]3CCN(C4CCCCCC4)C3)[nH]c2c1OC. The summed E-state index contributed by atoms with van der Waals surface area (Å²) in [4.78, 5) is 18.8. The fraction of sp³-hybridized carbons (Fsp3) is 0.609. The molecule has 1 aliphatic carbocycles. The second-order valence-corrected chi connectivity index (χ2v) is 8.39. The number of carbonyl (C=O) groups is 1. The van der Waals surface area contributed by atoms with Crippen molar-refractivity contribution in [3.8, 4) is 17.2 Å². The largest absolute Gasteiger partial charge is 0.496 e. The predicted molar refractivity (Wildman–Crippen MR) is 117 cm³/mol. The first kappa shape index (κ1) is 20.8. The van der Waals surface area contributed by atoms with E-state index in [9.17, 15) is 4.79 Å². The third-order valence-corrected chi connectivity index (χ3v) is 6.58. The summed E-state index contributed by atoms with van der Waals surface area (Å²) >= 11 is 0. The van der Waals surface area contributed by atoms with Crippen molar-refractivity contribution in [2.45, 2.75) is 57.0 Å². The van der Waals surface area contributed by atoms with Gasteiger partial charge in [0.1, 0.15) is 11.4 Å². The van der Waals surface area contributed by atoms with Gasteiger partial charge in [-0.15, -0.1) is 0 Å². The van der Waals surface area contributed by atoms with Gasteiger partial charge in [0.05, 0.1) is 26.8 Å². The van der Waals surface area contributed by atoms with Crippen LogP contribution in [0.4, 0.5) is 0 Å². The standard InChI is InChI=1S/C23H33N3O4/c1-28-19-13-20(29-2)22(30-3)21-17(19)12-18(25-21)23(27)24-15-10-11-26(14-15)16-8-6-4-5-7-9-16/h12-13,15-16,25H,4-11,14H2,1-3H3,(H,24,27)/t15-/m0/s1. The summed E-state index contributed by atoms with van der Waals surface area (Å²) < 4.78 is 16.4. The van der Waals surface area contributed by atoms with Crippen molar-refractivity contribution in [1.82, 2.24) is 15.2 Å². The van der Waals surface area contributed by atoms with Crippen molar-refractivity contribution in [2.75, 3.05) is 34.4 Å². The van der Waals surface area contributed by atoms with Crippen LogP contribution in [0, 0.1) is 0 Å². The van der Waals surface area contributed by atoms with E-state index in [0.717, 1.165) is 24.9 Å². The van der Waals surface area contributed by atoms with Crippen molar-refractivity contribution in [1.29, 1.82) is 0 Å². The molecule has 1 amide bonds. The molecule has 164 valence electrons. The summed E-state index contributed by atoms with van der Waals surface area (Å²) in [5.74, 6) is 1.67. The van der Waals surface area contributed by atoms with Gasteiger partial charge >= 0.3 is 0 Å². The van der Waals surface area contributed by atoms with Gasteiger partial charge in [-0.05, 0) is 25.3 Å². The van der Waals surface area contributed by atoms with E-state index in [0.29, 0.717) is 34.5 Å². The van der Waals surface area contributed by atoms with Crippen LogP contribution >= 0.6 is 0 Å². The van der Waals surface area contributed by atoms with E-state index in [1.165, 1.54) is 38.5 Å². The monoisotopic (exact) mass is 415 g/mol. The zero-order valence-corrected chi connectivity index (χ0v) is 18.3. The quantitative estimate of drug-likeness (QED) is 0.704. The van der Waals surface area contributed by atoms with Gasteiger partial charge in [-0.3, -0.25) is 9.69 Å². The number of hydrogen-bond donors (Lipinski definition) is 2. The van der Waals surface area contributed by atoms with Gasteiger partial charge < -0.3 is 24.5 Å². The third-order valence-electron chi connectivity index (χ3n) is 6.58. The fourth-order valence-corrected chi connectivity index (χ4v) is 4.98. The predicted octanol–water partition coefficient (Wildman–Crippen LogP) is 3.72. The van der Waals surface area contributed by atoms with E-state index in [-0.39, 0.29) is 11.9 Å². The number of aromatic nitrogens is 1. The maximum absolute atomic E-state index is 13.0. The van der Waals surface area contributed by atoms with Gasteiger partial charge in [-0.2, -0.15) is 0 Å². The second-order valence-electron chi connectivity index (χ2n) is 8.39. The summed E-state index contributed by atoms with van der Waals surface area (Å²) in [5, 5.41) is 4.02. The molecular formula is C23H33N3O4. The number of aromatic amines is 1. The number of ether oxygens (including phenoxy) is 3. The Balaban J connectivity index is 1.48. The van der Waals surface area contributed by atoms with E-state index in [2.05, 4.69) is 15.2 Å². The summed E-state index contributed by atoms with van der Waals surface area (Å²) in [6.45, 7) is 2.01. The fourth-order valence-electron chi connectivity index (χ4n) is 4.98. The number of H-pyrrole nitrogens is 1. The summed E-state index contributed by atoms with van der Waals surface area (Å²) in [6.07, 6.45) is 8.99. The smallest absolute Gasteiger partial charge is 0.267 e. The highest BCUT2D eigenvalue weighted by Gasteiger charge is 2.30. The molecule has 2 N–H and O–H groups in total. The molecule has 4 rings (SSSR count). The first-order chi connectivity index (χ1) is 14.6. The minimum atomic E-state index is -0.0954. The molecule has 7 heteroatoms. The number of nitrogens with one attached hydrogen (secondary N) is 2. The number of amides is 1. The van der Waals surface area contributed by atoms with Crippen LogP contribution in [0.25, 0.3) is 10.9 Å². The van der Waals surface area contributed by atoms with Gasteiger partial charge in [0, 0.05) is 36.6 Å². The van der Waals surface area contributed by atoms with Gasteiger partial charge in [0.2, 0.25) is 0 Å². The zero-order chi connectivity index (χ0) is 21.1. The molecule has 2 aromatic rings. The molecule has 2 heterocycles. The van der Waals surface area contributed by atoms with E-state index in [4.69, 9.17) is 14.2 Å². The normalized spacial score (nSPS) is 20.8. The van der Waals surface area contributed by atoms with Crippen LogP contribution in [0.15, 0.2) is 12.1 Å². The average molecular weight is 416 g/mol. The number of fused-ring (bicyclic) bond motifs is 1. The van der Waals surface area contributed by atoms with E-state index >= 15 is 0 Å². The number of nitrogens with zero attached hydrogens (tertiary/aromatic N) is 1. The molecule has 1 saturated heterocycles. The Morgan fingerprint density at radius 2 is 1.73 bits per heavy atom. The number of hydrogen-bond acceptors (Lipinski definition) is 5. The van der Waals surface area contributed by atoms with Crippen LogP contribution in [0.3, 0.4) is 0 Å². The van der Waals surface area contributed by atoms with Crippen molar-refractivity contribution in [2.24, 2.45) is 0 Å². The lowest BCUT2D eigenvalue weighted by molar-refractivity contribution is 0.0931. The van der Waals surface area contributed by atoms with Gasteiger partial charge in [-0.1, -0.05) is 25.7 Å². The lowest BCUT2D eigenvalue weighted by Crippen LogP contribution is -2.39. The van der Waals surface area contributed by atoms with Crippen molar-refractivity contribution >= 4 is 16.8 Å². The Hall–Kier alpha value is -2.41. The first-order valence-corrected chi connectivity index (χ1v) is 11.0. The minimum Gasteiger partial charge on any atom is -0.496 e. The molecule has 0 radical (unpaired) electrons. The topological polar surface area (TPSA) is 75.8 Å². The highest BCUT2D eigenvalue weighted by Crippen LogP contribution is 2.41. The molecule has 7 nitrogen and oxygen atoms in total. The number of likely N-dealkylation sites (tertiary alicyclic amines) is 1. The average Bonchev–Trinajstić information content (AvgIpc) is 3.32. The molecule has 0 bridgehead atoms. The number of rotatable bonds is 6. The maximum Gasteiger partial charge on any atom is 0.267 e. The van der Waals surface area contributed by atoms with Crippen LogP contribution < -0.4 is 19.5 Å². The molecular weight excluding hydrogens is 382 g/mol. The Labute approximate surface area is 178 Å². The minimum absolute atomic E-state index is 0.0954. The van der Waals surface area contributed by atoms with Gasteiger partial charge in [0.25, 0.3) is 5.91 Å². The first-order valence-electron chi connectivity index (χ1n) is 11.0. The van der Waals surface area contributed by atoms with Crippen LogP contribution in [-0.4, -0.2) is 62.3 Å². The molecule has 1 aromatic carbocycles. The molecule has 1 atom stereocenters. The number of carbonyl (C=O) groups excluding carboxylic acids is 1. The molecule has 0 spiro atoms. The Kier molecular flexibility index (Phi) is 6.37. The van der Waals surface area contributed by atoms with Crippen molar-refractivity contribution in [3.63, 3.8) is 0 Å². The Bertz CT molecular complexity index is 886. The van der Waals surface area contributed by atoms with Crippen LogP contribution in [-0.2, 0) is 0 Å². The number of benzene rings is 1. The molecule has 30 heavy (non-hydrogen) atoms. The van der Waals surface area contributed by atoms with Crippen molar-refractivity contribution in [3.05, 3.63) is 17.8 Å². The molecule has 1 aromatic heterocycles. The zero-order valence-electron chi connectivity index (χ0n) is 18.3. The van der Waals surface area contributed by atoms with Crippen LogP contribution in [0.1, 0.15) is 55.4 Å². The van der Waals surface area contributed by atoms with E-state index in [1.807, 2.05) is 6.07 Å². The number of methoxy groups -OCH3 is 3. The molecule has 1 aliphatic heterocycles. The van der Waals surface area contributed by atoms with Crippen LogP contribution in [0.5, 0.6) is 17.2 Å². The Morgan fingerprint density at radius 1 is 1.00 bits per heavy atom. The van der Waals surface area contributed by atoms with Crippen molar-refractivity contribution < 1.29 is 19.0 Å². The van der Waals surface area contributed by atoms with Gasteiger partial charge in [-0.25, -0.2) is 0 Å². The highest BCUT2D eigenvalue weighted by atomic mass is 16.5. The highest BCUT2D eigenvalue weighted by molar-refractivity contribution is 6.02. The summed E-state index contributed by atoms with van der Waals surface area (Å²) in [5.41, 5.74) is 1.20. The van der Waals surface area contributed by atoms with E-state index < -0.39 is 0 Å². The maximum atomic E-state index is 13.0. The molecule has 1 saturated carbocycles. The third kappa shape index (κ3) is 4.08. The van der Waals surface area contributed by atoms with Gasteiger partial charge in [0.15, 0.2) is 11.5 Å². The molecule has 2 fully saturated rings. The van der Waals surface area contributed by atoms with Crippen LogP contribution in [0.2, 0.25) is 0 Å². The lowest BCUT2D eigenvalue weighted by Gasteiger charge is -2.26.